The molecule has 22 heavy (non-hydrogen) atoms. The summed E-state index contributed by atoms with van der Waals surface area (Å²) in [4.78, 5) is 12.1. The number of aryl methyl sites for hydroxylation is 1. The van der Waals surface area contributed by atoms with Crippen molar-refractivity contribution in [2.24, 2.45) is 0 Å². The predicted octanol–water partition coefficient (Wildman–Crippen LogP) is 2.70. The molecule has 3 N–H and O–H groups in total. The molecule has 1 aromatic rings. The van der Waals surface area contributed by atoms with Gasteiger partial charge in [-0.2, -0.15) is 5.26 Å². The highest BCUT2D eigenvalue weighted by Gasteiger charge is 2.10. The van der Waals surface area contributed by atoms with Crippen LogP contribution in [0.2, 0.25) is 0 Å². The van der Waals surface area contributed by atoms with Crippen LogP contribution in [0.5, 0.6) is 0 Å². The lowest BCUT2D eigenvalue weighted by atomic mass is 10.2. The van der Waals surface area contributed by atoms with Gasteiger partial charge in [0.25, 0.3) is 5.91 Å². The Morgan fingerprint density at radius 3 is 2.82 bits per heavy atom. The topological polar surface area (TPSA) is 85.2 Å². The third-order valence-corrected chi connectivity index (χ3v) is 3.70. The molecule has 0 bridgehead atoms. The van der Waals surface area contributed by atoms with Crippen molar-refractivity contribution in [3.63, 3.8) is 0 Å². The third kappa shape index (κ3) is 6.45. The number of hydrogen-bond acceptors (Lipinski definition) is 4. The number of carbonyl (C=O) groups is 1. The van der Waals surface area contributed by atoms with Crippen LogP contribution in [0.3, 0.4) is 0 Å². The first-order valence-corrected chi connectivity index (χ1v) is 8.18. The normalized spacial score (nSPS) is 10.9. The number of unbranched alkanes of at least 4 members (excludes halogenated alkanes) is 2. The van der Waals surface area contributed by atoms with E-state index in [0.29, 0.717) is 12.2 Å². The smallest absolute Gasteiger partial charge is 0.267 e. The van der Waals surface area contributed by atoms with Gasteiger partial charge in [0.2, 0.25) is 0 Å². The first-order chi connectivity index (χ1) is 10.6. The van der Waals surface area contributed by atoms with E-state index in [1.165, 1.54) is 6.20 Å². The molecule has 0 aromatic heterocycles. The number of nitriles is 1. The van der Waals surface area contributed by atoms with Gasteiger partial charge >= 0.3 is 0 Å². The number of benzene rings is 1. The molecule has 0 aliphatic heterocycles. The number of amides is 1. The lowest BCUT2D eigenvalue weighted by Crippen LogP contribution is -2.17. The molecular formula is C16H20IN3O2. The zero-order valence-electron chi connectivity index (χ0n) is 12.5. The molecule has 0 spiro atoms. The van der Waals surface area contributed by atoms with E-state index in [0.717, 1.165) is 28.4 Å². The van der Waals surface area contributed by atoms with Crippen molar-refractivity contribution in [2.75, 3.05) is 18.5 Å². The van der Waals surface area contributed by atoms with Gasteiger partial charge in [-0.1, -0.05) is 0 Å². The Morgan fingerprint density at radius 2 is 2.18 bits per heavy atom. The average molecular weight is 413 g/mol. The number of nitrogens with zero attached hydrogens (tertiary/aromatic N) is 1. The van der Waals surface area contributed by atoms with Gasteiger partial charge in [0.05, 0.1) is 0 Å². The molecule has 0 atom stereocenters. The molecular weight excluding hydrogens is 393 g/mol. The first kappa shape index (κ1) is 18.5. The van der Waals surface area contributed by atoms with Gasteiger partial charge in [-0.3, -0.25) is 4.79 Å². The summed E-state index contributed by atoms with van der Waals surface area (Å²) in [7, 11) is 0. The highest BCUT2D eigenvalue weighted by molar-refractivity contribution is 14.1. The molecule has 0 aliphatic carbocycles. The van der Waals surface area contributed by atoms with Crippen LogP contribution in [0.4, 0.5) is 5.69 Å². The van der Waals surface area contributed by atoms with Crippen LogP contribution < -0.4 is 10.6 Å². The van der Waals surface area contributed by atoms with Crippen molar-refractivity contribution in [3.8, 4) is 6.07 Å². The number of carbonyl (C=O) groups excluding carboxylic acids is 1. The number of rotatable bonds is 8. The minimum atomic E-state index is -0.422. The molecule has 1 amide bonds. The molecule has 0 unspecified atom stereocenters. The van der Waals surface area contributed by atoms with E-state index in [1.54, 1.807) is 0 Å². The van der Waals surface area contributed by atoms with Crippen LogP contribution in [0.1, 0.15) is 24.8 Å². The fourth-order valence-corrected chi connectivity index (χ4v) is 2.44. The van der Waals surface area contributed by atoms with Crippen molar-refractivity contribution < 1.29 is 9.90 Å². The molecule has 1 aromatic carbocycles. The van der Waals surface area contributed by atoms with E-state index in [1.807, 2.05) is 31.2 Å². The van der Waals surface area contributed by atoms with Crippen molar-refractivity contribution in [2.45, 2.75) is 26.2 Å². The maximum absolute atomic E-state index is 12.1. The highest BCUT2D eigenvalue weighted by atomic mass is 127. The number of halogens is 1. The van der Waals surface area contributed by atoms with E-state index in [4.69, 9.17) is 10.4 Å². The number of hydrogen-bond donors (Lipinski definition) is 3. The largest absolute Gasteiger partial charge is 0.396 e. The summed E-state index contributed by atoms with van der Waals surface area (Å²) >= 11 is 2.21. The van der Waals surface area contributed by atoms with Crippen LogP contribution in [0.15, 0.2) is 30.0 Å². The summed E-state index contributed by atoms with van der Waals surface area (Å²) in [6, 6.07) is 7.59. The average Bonchev–Trinajstić information content (AvgIpc) is 2.49. The minimum absolute atomic E-state index is 0.0418. The molecule has 1 rings (SSSR count). The van der Waals surface area contributed by atoms with Crippen molar-refractivity contribution >= 4 is 34.2 Å². The first-order valence-electron chi connectivity index (χ1n) is 7.10. The second-order valence-electron chi connectivity index (χ2n) is 4.82. The Balaban J connectivity index is 2.55. The SMILES string of the molecule is Cc1cc(I)ccc1NC(=O)/C(C#N)=C\NCCCCCO. The summed E-state index contributed by atoms with van der Waals surface area (Å²) < 4.78 is 1.09. The Labute approximate surface area is 144 Å². The molecule has 118 valence electrons. The maximum atomic E-state index is 12.1. The van der Waals surface area contributed by atoms with Crippen LogP contribution >= 0.6 is 22.6 Å². The van der Waals surface area contributed by atoms with E-state index in [2.05, 4.69) is 33.2 Å². The summed E-state index contributed by atoms with van der Waals surface area (Å²) in [5.74, 6) is -0.422. The van der Waals surface area contributed by atoms with Crippen molar-refractivity contribution in [1.29, 1.82) is 5.26 Å². The summed E-state index contributed by atoms with van der Waals surface area (Å²) in [6.07, 6.45) is 4.00. The minimum Gasteiger partial charge on any atom is -0.396 e. The maximum Gasteiger partial charge on any atom is 0.267 e. The van der Waals surface area contributed by atoms with E-state index in [-0.39, 0.29) is 12.2 Å². The number of aliphatic hydroxyl groups is 1. The third-order valence-electron chi connectivity index (χ3n) is 3.03. The summed E-state index contributed by atoms with van der Waals surface area (Å²) in [6.45, 7) is 2.77. The van der Waals surface area contributed by atoms with Crippen molar-refractivity contribution in [1.82, 2.24) is 5.32 Å². The van der Waals surface area contributed by atoms with E-state index >= 15 is 0 Å². The zero-order chi connectivity index (χ0) is 16.4. The second-order valence-corrected chi connectivity index (χ2v) is 6.07. The Kier molecular flexibility index (Phi) is 8.55. The molecule has 6 heteroatoms. The van der Waals surface area contributed by atoms with Crippen LogP contribution in [-0.2, 0) is 4.79 Å². The fraction of sp³-hybridized carbons (Fsp3) is 0.375. The zero-order valence-corrected chi connectivity index (χ0v) is 14.7. The van der Waals surface area contributed by atoms with E-state index in [9.17, 15) is 4.79 Å². The predicted molar refractivity (Wildman–Crippen MR) is 95.2 cm³/mol. The fourth-order valence-electron chi connectivity index (χ4n) is 1.80. The van der Waals surface area contributed by atoms with Crippen LogP contribution in [0.25, 0.3) is 0 Å². The number of aliphatic hydroxyl groups excluding tert-OH is 1. The van der Waals surface area contributed by atoms with Gasteiger partial charge in [-0.15, -0.1) is 0 Å². The quantitative estimate of drug-likeness (QED) is 0.265. The van der Waals surface area contributed by atoms with Crippen molar-refractivity contribution in [3.05, 3.63) is 39.1 Å². The lowest BCUT2D eigenvalue weighted by Gasteiger charge is -2.08. The molecule has 0 aliphatic rings. The molecule has 0 saturated carbocycles. The second kappa shape index (κ2) is 10.2. The van der Waals surface area contributed by atoms with Crippen LogP contribution in [-0.4, -0.2) is 24.2 Å². The van der Waals surface area contributed by atoms with Gasteiger partial charge in [0.15, 0.2) is 0 Å². The van der Waals surface area contributed by atoms with E-state index < -0.39 is 5.91 Å². The Hall–Kier alpha value is -1.59. The Morgan fingerprint density at radius 1 is 1.41 bits per heavy atom. The van der Waals surface area contributed by atoms with Crippen LogP contribution in [0, 0.1) is 21.8 Å². The molecule has 0 saturated heterocycles. The standard InChI is InChI=1S/C16H20IN3O2/c1-12-9-14(17)5-6-15(12)20-16(22)13(10-18)11-19-7-3-2-4-8-21/h5-6,9,11,19,21H,2-4,7-8H2,1H3,(H,20,22)/b13-11-. The van der Waals surface area contributed by atoms with Gasteiger partial charge < -0.3 is 15.7 Å². The van der Waals surface area contributed by atoms with Gasteiger partial charge in [-0.05, 0) is 72.5 Å². The van der Waals surface area contributed by atoms with Gasteiger partial charge in [0.1, 0.15) is 11.6 Å². The molecule has 0 fully saturated rings. The molecule has 5 nitrogen and oxygen atoms in total. The van der Waals surface area contributed by atoms with Gasteiger partial charge in [-0.25, -0.2) is 0 Å². The number of nitrogens with one attached hydrogen (secondary N) is 2. The van der Waals surface area contributed by atoms with Gasteiger partial charge in [0, 0.05) is 28.6 Å². The monoisotopic (exact) mass is 413 g/mol. The molecule has 0 radical (unpaired) electrons. The lowest BCUT2D eigenvalue weighted by molar-refractivity contribution is -0.112. The molecule has 0 heterocycles. The highest BCUT2D eigenvalue weighted by Crippen LogP contribution is 2.18. The summed E-state index contributed by atoms with van der Waals surface area (Å²) in [5, 5.41) is 23.4. The Bertz CT molecular complexity index is 579. The summed E-state index contributed by atoms with van der Waals surface area (Å²) in [5.41, 5.74) is 1.70. The number of anilines is 1.